The average molecular weight is 350 g/mol. The number of rotatable bonds is 3. The summed E-state index contributed by atoms with van der Waals surface area (Å²) >= 11 is 0. The predicted molar refractivity (Wildman–Crippen MR) is 111 cm³/mol. The van der Waals surface area contributed by atoms with E-state index in [0.717, 1.165) is 22.4 Å². The van der Waals surface area contributed by atoms with Crippen LogP contribution in [0.25, 0.3) is 22.4 Å². The lowest BCUT2D eigenvalue weighted by atomic mass is 9.87. The van der Waals surface area contributed by atoms with Crippen LogP contribution < -0.4 is 4.57 Å². The standard InChI is InChI=1S/C25H30N/c1-18-9-7-8-10-22(18)21-12-11-19(2)23(16-21)24-15-20(13-14-26(24)6)17-25(3,4)5/h7-16H,17H2,1-6H3/q+1/i1D3,17D2. The van der Waals surface area contributed by atoms with E-state index in [1.54, 1.807) is 12.1 Å². The zero-order valence-corrected chi connectivity index (χ0v) is 16.2. The molecule has 0 unspecified atom stereocenters. The lowest BCUT2D eigenvalue weighted by Crippen LogP contribution is -2.31. The molecule has 0 aliphatic rings. The third-order valence-corrected chi connectivity index (χ3v) is 4.42. The minimum absolute atomic E-state index is 0.326. The molecule has 0 aliphatic heterocycles. The molecule has 1 heteroatoms. The summed E-state index contributed by atoms with van der Waals surface area (Å²) in [7, 11) is 1.94. The maximum absolute atomic E-state index is 8.67. The number of aromatic nitrogens is 1. The summed E-state index contributed by atoms with van der Waals surface area (Å²) in [6.07, 6.45) is 0.381. The van der Waals surface area contributed by atoms with Gasteiger partial charge in [0.05, 0.1) is 0 Å². The molecule has 1 nitrogen and oxygen atoms in total. The van der Waals surface area contributed by atoms with Crippen LogP contribution in [0.15, 0.2) is 60.8 Å². The molecule has 0 N–H and O–H groups in total. The SMILES string of the molecule is [2H]C([2H])([2H])c1ccccc1-c1ccc(C)c(-c2cc(C([2H])([2H])C(C)(C)C)cc[n+]2C)c1. The molecule has 3 rings (SSSR count). The summed E-state index contributed by atoms with van der Waals surface area (Å²) in [6, 6.07) is 16.8. The zero-order chi connectivity index (χ0) is 23.2. The molecule has 2 aromatic carbocycles. The molecule has 0 atom stereocenters. The van der Waals surface area contributed by atoms with Crippen LogP contribution in [0.4, 0.5) is 0 Å². The first kappa shape index (κ1) is 12.9. The molecule has 1 heterocycles. The van der Waals surface area contributed by atoms with Crippen LogP contribution in [0.2, 0.25) is 0 Å². The fourth-order valence-electron chi connectivity index (χ4n) is 3.15. The Morgan fingerprint density at radius 2 is 1.73 bits per heavy atom. The van der Waals surface area contributed by atoms with Gasteiger partial charge in [-0.15, -0.1) is 0 Å². The number of hydrogen-bond donors (Lipinski definition) is 0. The highest BCUT2D eigenvalue weighted by molar-refractivity contribution is 5.74. The first-order valence-electron chi connectivity index (χ1n) is 11.4. The third kappa shape index (κ3) is 4.04. The van der Waals surface area contributed by atoms with E-state index in [0.29, 0.717) is 16.7 Å². The summed E-state index contributed by atoms with van der Waals surface area (Å²) < 4.78 is 43.0. The largest absolute Gasteiger partial charge is 0.212 e. The maximum Gasteiger partial charge on any atom is 0.212 e. The molecule has 0 saturated heterocycles. The molecule has 1 aromatic heterocycles. The quantitative estimate of drug-likeness (QED) is 0.507. The molecule has 26 heavy (non-hydrogen) atoms. The van der Waals surface area contributed by atoms with Crippen molar-refractivity contribution < 1.29 is 11.4 Å². The van der Waals surface area contributed by atoms with Gasteiger partial charge in [0.1, 0.15) is 7.05 Å². The lowest BCUT2D eigenvalue weighted by molar-refractivity contribution is -0.660. The van der Waals surface area contributed by atoms with Gasteiger partial charge in [-0.25, -0.2) is 4.57 Å². The van der Waals surface area contributed by atoms with Gasteiger partial charge in [0.15, 0.2) is 6.20 Å². The summed E-state index contributed by atoms with van der Waals surface area (Å²) in [5, 5.41) is 0. The molecule has 0 aliphatic carbocycles. The van der Waals surface area contributed by atoms with Crippen molar-refractivity contribution in [1.82, 2.24) is 0 Å². The molecule has 0 bridgehead atoms. The summed E-state index contributed by atoms with van der Waals surface area (Å²) in [5.41, 5.74) is 4.79. The smallest absolute Gasteiger partial charge is 0.201 e. The summed E-state index contributed by atoms with van der Waals surface area (Å²) in [4.78, 5) is 0. The fourth-order valence-corrected chi connectivity index (χ4v) is 3.15. The maximum atomic E-state index is 8.67. The molecule has 3 aromatic rings. The number of benzene rings is 2. The van der Waals surface area contributed by atoms with Crippen molar-refractivity contribution in [2.24, 2.45) is 12.5 Å². The Morgan fingerprint density at radius 3 is 2.46 bits per heavy atom. The summed E-state index contributed by atoms with van der Waals surface area (Å²) in [5.74, 6) is 0. The first-order chi connectivity index (χ1) is 14.2. The molecule has 0 radical (unpaired) electrons. The van der Waals surface area contributed by atoms with E-state index in [1.807, 2.05) is 88.0 Å². The van der Waals surface area contributed by atoms with Crippen LogP contribution in [-0.2, 0) is 13.4 Å². The molecule has 0 spiro atoms. The van der Waals surface area contributed by atoms with Gasteiger partial charge in [-0.05, 0) is 59.4 Å². The van der Waals surface area contributed by atoms with Crippen molar-refractivity contribution in [3.63, 3.8) is 0 Å². The fraction of sp³-hybridized carbons (Fsp3) is 0.320. The number of aryl methyl sites for hydroxylation is 3. The number of hydrogen-bond acceptors (Lipinski definition) is 0. The first-order valence-corrected chi connectivity index (χ1v) is 8.94. The van der Waals surface area contributed by atoms with Crippen molar-refractivity contribution in [2.75, 3.05) is 0 Å². The van der Waals surface area contributed by atoms with Crippen molar-refractivity contribution >= 4 is 0 Å². The molecular weight excluding hydrogens is 314 g/mol. The minimum atomic E-state index is -2.20. The van der Waals surface area contributed by atoms with Crippen molar-refractivity contribution in [3.05, 3.63) is 77.5 Å². The van der Waals surface area contributed by atoms with Crippen LogP contribution in [-0.4, -0.2) is 0 Å². The minimum Gasteiger partial charge on any atom is -0.201 e. The van der Waals surface area contributed by atoms with E-state index in [4.69, 9.17) is 6.85 Å². The molecule has 0 saturated carbocycles. The third-order valence-electron chi connectivity index (χ3n) is 4.42. The lowest BCUT2D eigenvalue weighted by Gasteiger charge is -2.18. The van der Waals surface area contributed by atoms with Gasteiger partial charge in [-0.2, -0.15) is 0 Å². The predicted octanol–water partition coefficient (Wildman–Crippen LogP) is 6.05. The Bertz CT molecular complexity index is 1110. The van der Waals surface area contributed by atoms with Crippen LogP contribution >= 0.6 is 0 Å². The molecule has 0 amide bonds. The van der Waals surface area contributed by atoms with Crippen LogP contribution in [0.5, 0.6) is 0 Å². The van der Waals surface area contributed by atoms with Gasteiger partial charge >= 0.3 is 0 Å². The monoisotopic (exact) mass is 349 g/mol. The second-order valence-corrected chi connectivity index (χ2v) is 7.86. The summed E-state index contributed by atoms with van der Waals surface area (Å²) in [6.45, 7) is 5.51. The normalized spacial score (nSPS) is 15.5. The van der Waals surface area contributed by atoms with E-state index < -0.39 is 18.6 Å². The highest BCUT2D eigenvalue weighted by atomic mass is 14.9. The second-order valence-electron chi connectivity index (χ2n) is 7.86. The number of nitrogens with zero attached hydrogens (tertiary/aromatic N) is 1. The van der Waals surface area contributed by atoms with Crippen LogP contribution in [0.3, 0.4) is 0 Å². The zero-order valence-electron chi connectivity index (χ0n) is 21.2. The highest BCUT2D eigenvalue weighted by Gasteiger charge is 2.18. The Balaban J connectivity index is 2.20. The van der Waals surface area contributed by atoms with E-state index in [2.05, 4.69) is 0 Å². The highest BCUT2D eigenvalue weighted by Crippen LogP contribution is 2.30. The van der Waals surface area contributed by atoms with E-state index in [9.17, 15) is 0 Å². The van der Waals surface area contributed by atoms with Crippen molar-refractivity contribution in [2.45, 2.75) is 40.9 Å². The Labute approximate surface area is 165 Å². The van der Waals surface area contributed by atoms with E-state index >= 15 is 0 Å². The second kappa shape index (κ2) is 7.07. The van der Waals surface area contributed by atoms with Crippen LogP contribution in [0, 0.1) is 19.2 Å². The van der Waals surface area contributed by atoms with Crippen molar-refractivity contribution in [1.29, 1.82) is 0 Å². The molecular formula is C25H30N+. The molecule has 134 valence electrons. The van der Waals surface area contributed by atoms with E-state index in [-0.39, 0.29) is 0 Å². The van der Waals surface area contributed by atoms with Gasteiger partial charge in [0, 0.05) is 24.5 Å². The molecule has 0 fully saturated rings. The van der Waals surface area contributed by atoms with E-state index in [1.165, 1.54) is 0 Å². The Kier molecular flexibility index (Phi) is 3.50. The van der Waals surface area contributed by atoms with Crippen LogP contribution in [0.1, 0.15) is 44.3 Å². The van der Waals surface area contributed by atoms with Gasteiger partial charge in [-0.3, -0.25) is 0 Å². The Morgan fingerprint density at radius 1 is 0.962 bits per heavy atom. The Hall–Kier alpha value is -2.41. The average Bonchev–Trinajstić information content (AvgIpc) is 2.67. The van der Waals surface area contributed by atoms with Gasteiger partial charge in [0.2, 0.25) is 5.69 Å². The van der Waals surface area contributed by atoms with Crippen molar-refractivity contribution in [3.8, 4) is 22.4 Å². The van der Waals surface area contributed by atoms with Gasteiger partial charge in [-0.1, -0.05) is 57.2 Å². The topological polar surface area (TPSA) is 3.88 Å². The van der Waals surface area contributed by atoms with Gasteiger partial charge in [0.25, 0.3) is 0 Å². The number of pyridine rings is 1. The van der Waals surface area contributed by atoms with Gasteiger partial charge < -0.3 is 0 Å².